The summed E-state index contributed by atoms with van der Waals surface area (Å²) in [7, 11) is 0. The second kappa shape index (κ2) is 5.00. The van der Waals surface area contributed by atoms with Crippen molar-refractivity contribution < 1.29 is 0 Å². The van der Waals surface area contributed by atoms with Crippen molar-refractivity contribution in [1.29, 1.82) is 0 Å². The SMILES string of the molecule is Nc1nc(CN[C@H]2CCCSC2)cs1. The third kappa shape index (κ3) is 2.87. The molecule has 2 rings (SSSR count). The summed E-state index contributed by atoms with van der Waals surface area (Å²) in [5.41, 5.74) is 6.64. The van der Waals surface area contributed by atoms with Crippen molar-refractivity contribution in [1.82, 2.24) is 10.3 Å². The van der Waals surface area contributed by atoms with Crippen molar-refractivity contribution in [3.63, 3.8) is 0 Å². The van der Waals surface area contributed by atoms with E-state index in [0.29, 0.717) is 11.2 Å². The molecule has 0 spiro atoms. The van der Waals surface area contributed by atoms with Crippen molar-refractivity contribution in [3.8, 4) is 0 Å². The number of anilines is 1. The lowest BCUT2D eigenvalue weighted by molar-refractivity contribution is 0.504. The summed E-state index contributed by atoms with van der Waals surface area (Å²) in [6.07, 6.45) is 2.63. The lowest BCUT2D eigenvalue weighted by Gasteiger charge is -2.21. The fourth-order valence-corrected chi connectivity index (χ4v) is 3.22. The molecule has 3 N–H and O–H groups in total. The average Bonchev–Trinajstić information content (AvgIpc) is 2.63. The molecule has 1 aromatic rings. The Morgan fingerprint density at radius 3 is 3.21 bits per heavy atom. The summed E-state index contributed by atoms with van der Waals surface area (Å²) in [5.74, 6) is 2.56. The smallest absolute Gasteiger partial charge is 0.180 e. The van der Waals surface area contributed by atoms with Crippen LogP contribution in [-0.4, -0.2) is 22.5 Å². The molecular weight excluding hydrogens is 214 g/mol. The molecule has 0 unspecified atom stereocenters. The second-order valence-corrected chi connectivity index (χ2v) is 5.51. The topological polar surface area (TPSA) is 50.9 Å². The fourth-order valence-electron chi connectivity index (χ4n) is 1.55. The highest BCUT2D eigenvalue weighted by Gasteiger charge is 2.13. The molecule has 78 valence electrons. The van der Waals surface area contributed by atoms with Gasteiger partial charge in [-0.15, -0.1) is 11.3 Å². The second-order valence-electron chi connectivity index (χ2n) is 3.47. The van der Waals surface area contributed by atoms with Gasteiger partial charge in [-0.2, -0.15) is 11.8 Å². The molecule has 1 aliphatic heterocycles. The number of hydrogen-bond acceptors (Lipinski definition) is 5. The molecule has 0 saturated carbocycles. The highest BCUT2D eigenvalue weighted by molar-refractivity contribution is 7.99. The minimum atomic E-state index is 0.664. The van der Waals surface area contributed by atoms with Crippen LogP contribution in [0.1, 0.15) is 18.5 Å². The van der Waals surface area contributed by atoms with Crippen LogP contribution >= 0.6 is 23.1 Å². The maximum atomic E-state index is 5.56. The highest BCUT2D eigenvalue weighted by atomic mass is 32.2. The molecule has 0 amide bonds. The third-order valence-electron chi connectivity index (χ3n) is 2.30. The molecule has 2 heterocycles. The number of nitrogen functional groups attached to an aromatic ring is 1. The van der Waals surface area contributed by atoms with E-state index in [0.717, 1.165) is 12.2 Å². The van der Waals surface area contributed by atoms with E-state index in [1.54, 1.807) is 0 Å². The first-order valence-electron chi connectivity index (χ1n) is 4.85. The maximum absolute atomic E-state index is 5.56. The van der Waals surface area contributed by atoms with Gasteiger partial charge in [-0.3, -0.25) is 0 Å². The minimum Gasteiger partial charge on any atom is -0.375 e. The normalized spacial score (nSPS) is 22.4. The van der Waals surface area contributed by atoms with Crippen LogP contribution in [0.15, 0.2) is 5.38 Å². The van der Waals surface area contributed by atoms with Gasteiger partial charge in [0.1, 0.15) is 0 Å². The van der Waals surface area contributed by atoms with Crippen LogP contribution < -0.4 is 11.1 Å². The molecule has 0 bridgehead atoms. The summed E-state index contributed by atoms with van der Waals surface area (Å²) >= 11 is 3.55. The summed E-state index contributed by atoms with van der Waals surface area (Å²) < 4.78 is 0. The van der Waals surface area contributed by atoms with E-state index >= 15 is 0 Å². The van der Waals surface area contributed by atoms with Gasteiger partial charge < -0.3 is 11.1 Å². The van der Waals surface area contributed by atoms with Gasteiger partial charge >= 0.3 is 0 Å². The summed E-state index contributed by atoms with van der Waals surface area (Å²) in [4.78, 5) is 4.22. The van der Waals surface area contributed by atoms with Crippen molar-refractivity contribution >= 4 is 28.2 Å². The number of nitrogens with zero attached hydrogens (tertiary/aromatic N) is 1. The van der Waals surface area contributed by atoms with E-state index in [9.17, 15) is 0 Å². The number of thiazole rings is 1. The first-order chi connectivity index (χ1) is 6.84. The molecule has 14 heavy (non-hydrogen) atoms. The summed E-state index contributed by atoms with van der Waals surface area (Å²) in [5, 5.41) is 6.21. The molecule has 1 aromatic heterocycles. The average molecular weight is 229 g/mol. The van der Waals surface area contributed by atoms with Gasteiger partial charge in [-0.1, -0.05) is 0 Å². The molecule has 0 radical (unpaired) electrons. The van der Waals surface area contributed by atoms with Crippen LogP contribution in [0.25, 0.3) is 0 Å². The molecule has 5 heteroatoms. The Morgan fingerprint density at radius 1 is 1.64 bits per heavy atom. The van der Waals surface area contributed by atoms with Crippen LogP contribution in [0.5, 0.6) is 0 Å². The zero-order valence-electron chi connectivity index (χ0n) is 8.03. The minimum absolute atomic E-state index is 0.664. The zero-order chi connectivity index (χ0) is 9.80. The Hall–Kier alpha value is -0.260. The van der Waals surface area contributed by atoms with Crippen molar-refractivity contribution in [2.24, 2.45) is 0 Å². The largest absolute Gasteiger partial charge is 0.375 e. The van der Waals surface area contributed by atoms with Gasteiger partial charge in [0.05, 0.1) is 5.69 Å². The van der Waals surface area contributed by atoms with Gasteiger partial charge in [-0.25, -0.2) is 4.98 Å². The first kappa shape index (κ1) is 10.3. The molecule has 0 aromatic carbocycles. The van der Waals surface area contributed by atoms with Gasteiger partial charge in [-0.05, 0) is 18.6 Å². The zero-order valence-corrected chi connectivity index (χ0v) is 9.66. The monoisotopic (exact) mass is 229 g/mol. The van der Waals surface area contributed by atoms with Crippen LogP contribution in [0.3, 0.4) is 0 Å². The molecular formula is C9H15N3S2. The number of rotatable bonds is 3. The number of nitrogens with one attached hydrogen (secondary N) is 1. The quantitative estimate of drug-likeness (QED) is 0.828. The van der Waals surface area contributed by atoms with Crippen LogP contribution in [-0.2, 0) is 6.54 Å². The van der Waals surface area contributed by atoms with Gasteiger partial charge in [0.15, 0.2) is 5.13 Å². The van der Waals surface area contributed by atoms with Crippen LogP contribution in [0, 0.1) is 0 Å². The van der Waals surface area contributed by atoms with Crippen molar-refractivity contribution in [3.05, 3.63) is 11.1 Å². The number of aromatic nitrogens is 1. The molecule has 1 fully saturated rings. The Bertz CT molecular complexity index is 281. The van der Waals surface area contributed by atoms with E-state index in [-0.39, 0.29) is 0 Å². The third-order valence-corrected chi connectivity index (χ3v) is 4.24. The number of thioether (sulfide) groups is 1. The Labute approximate surface area is 92.5 Å². The van der Waals surface area contributed by atoms with Crippen LogP contribution in [0.2, 0.25) is 0 Å². The standard InChI is InChI=1S/C9H15N3S2/c10-9-12-8(6-14-9)4-11-7-2-1-3-13-5-7/h6-7,11H,1-5H2,(H2,10,12)/t7-/m0/s1. The number of hydrogen-bond donors (Lipinski definition) is 2. The molecule has 0 aliphatic carbocycles. The Morgan fingerprint density at radius 2 is 2.57 bits per heavy atom. The molecule has 1 aliphatic rings. The van der Waals surface area contributed by atoms with E-state index < -0.39 is 0 Å². The first-order valence-corrected chi connectivity index (χ1v) is 6.89. The number of nitrogens with two attached hydrogens (primary N) is 1. The lowest BCUT2D eigenvalue weighted by Crippen LogP contribution is -2.33. The Balaban J connectivity index is 1.76. The lowest BCUT2D eigenvalue weighted by atomic mass is 10.2. The van der Waals surface area contributed by atoms with Crippen molar-refractivity contribution in [2.45, 2.75) is 25.4 Å². The van der Waals surface area contributed by atoms with Gasteiger partial charge in [0, 0.05) is 23.7 Å². The summed E-state index contributed by atoms with van der Waals surface area (Å²) in [6.45, 7) is 0.860. The molecule has 1 atom stereocenters. The molecule has 1 saturated heterocycles. The fraction of sp³-hybridized carbons (Fsp3) is 0.667. The van der Waals surface area contributed by atoms with E-state index in [1.807, 2.05) is 17.1 Å². The predicted octanol–water partition coefficient (Wildman–Crippen LogP) is 1.71. The van der Waals surface area contributed by atoms with E-state index in [4.69, 9.17) is 5.73 Å². The van der Waals surface area contributed by atoms with E-state index in [1.165, 1.54) is 35.7 Å². The Kier molecular flexibility index (Phi) is 3.67. The van der Waals surface area contributed by atoms with Gasteiger partial charge in [0.25, 0.3) is 0 Å². The van der Waals surface area contributed by atoms with Crippen molar-refractivity contribution in [2.75, 3.05) is 17.2 Å². The van der Waals surface area contributed by atoms with Gasteiger partial charge in [0.2, 0.25) is 0 Å². The van der Waals surface area contributed by atoms with Crippen LogP contribution in [0.4, 0.5) is 5.13 Å². The predicted molar refractivity (Wildman–Crippen MR) is 63.7 cm³/mol. The maximum Gasteiger partial charge on any atom is 0.180 e. The summed E-state index contributed by atoms with van der Waals surface area (Å²) in [6, 6.07) is 0.664. The highest BCUT2D eigenvalue weighted by Crippen LogP contribution is 2.17. The molecule has 3 nitrogen and oxygen atoms in total. The van der Waals surface area contributed by atoms with E-state index in [2.05, 4.69) is 10.3 Å².